The molecular formula is C13H23NO3. The molecule has 0 aromatic rings. The molecule has 1 aliphatic carbocycles. The summed E-state index contributed by atoms with van der Waals surface area (Å²) in [4.78, 5) is 13.5. The number of methoxy groups -OCH3 is 1. The Kier molecular flexibility index (Phi) is 4.05. The molecule has 2 fully saturated rings. The minimum atomic E-state index is -0.648. The van der Waals surface area contributed by atoms with Crippen molar-refractivity contribution in [3.8, 4) is 0 Å². The van der Waals surface area contributed by atoms with Crippen LogP contribution in [0.3, 0.4) is 0 Å². The van der Waals surface area contributed by atoms with Gasteiger partial charge >= 0.3 is 5.97 Å². The first-order valence-corrected chi connectivity index (χ1v) is 6.63. The quantitative estimate of drug-likeness (QED) is 0.815. The van der Waals surface area contributed by atoms with E-state index in [-0.39, 0.29) is 11.8 Å². The van der Waals surface area contributed by atoms with Crippen LogP contribution in [0.2, 0.25) is 0 Å². The number of carboxylic acid groups (broad SMARTS) is 1. The van der Waals surface area contributed by atoms with Gasteiger partial charge in [0.05, 0.1) is 12.0 Å². The van der Waals surface area contributed by atoms with Gasteiger partial charge in [0.25, 0.3) is 0 Å². The molecule has 1 heterocycles. The van der Waals surface area contributed by atoms with E-state index < -0.39 is 5.97 Å². The van der Waals surface area contributed by atoms with Gasteiger partial charge in [-0.15, -0.1) is 0 Å². The van der Waals surface area contributed by atoms with Crippen LogP contribution in [0.5, 0.6) is 0 Å². The van der Waals surface area contributed by atoms with Crippen LogP contribution in [-0.2, 0) is 9.53 Å². The predicted octanol–water partition coefficient (Wildman–Crippen LogP) is 1.60. The van der Waals surface area contributed by atoms with Crippen LogP contribution in [0.25, 0.3) is 0 Å². The molecule has 2 unspecified atom stereocenters. The zero-order chi connectivity index (χ0) is 12.4. The van der Waals surface area contributed by atoms with Crippen molar-refractivity contribution in [1.82, 2.24) is 4.90 Å². The first-order chi connectivity index (χ1) is 8.13. The fraction of sp³-hybridized carbons (Fsp3) is 0.923. The fourth-order valence-electron chi connectivity index (χ4n) is 3.37. The molecule has 0 aromatic heterocycles. The van der Waals surface area contributed by atoms with E-state index in [2.05, 4.69) is 4.90 Å². The van der Waals surface area contributed by atoms with Crippen LogP contribution in [0.4, 0.5) is 0 Å². The molecule has 0 spiro atoms. The number of carboxylic acids is 1. The maximum atomic E-state index is 11.1. The maximum absolute atomic E-state index is 11.1. The zero-order valence-corrected chi connectivity index (χ0v) is 10.8. The van der Waals surface area contributed by atoms with Crippen molar-refractivity contribution in [2.24, 2.45) is 11.8 Å². The highest BCUT2D eigenvalue weighted by Crippen LogP contribution is 2.32. The number of hydrogen-bond donors (Lipinski definition) is 1. The van der Waals surface area contributed by atoms with Crippen LogP contribution in [0.15, 0.2) is 0 Å². The van der Waals surface area contributed by atoms with Gasteiger partial charge in [-0.05, 0) is 18.8 Å². The molecule has 4 nitrogen and oxygen atoms in total. The van der Waals surface area contributed by atoms with E-state index >= 15 is 0 Å². The van der Waals surface area contributed by atoms with E-state index in [1.165, 1.54) is 12.8 Å². The van der Waals surface area contributed by atoms with Crippen molar-refractivity contribution in [2.45, 2.75) is 44.8 Å². The third-order valence-electron chi connectivity index (χ3n) is 4.40. The summed E-state index contributed by atoms with van der Waals surface area (Å²) in [6.07, 6.45) is 5.04. The largest absolute Gasteiger partial charge is 0.481 e. The molecule has 0 amide bonds. The normalized spacial score (nSPS) is 39.4. The molecule has 2 rings (SSSR count). The van der Waals surface area contributed by atoms with Gasteiger partial charge in [0.1, 0.15) is 0 Å². The Bertz CT molecular complexity index is 282. The van der Waals surface area contributed by atoms with Crippen molar-refractivity contribution in [3.63, 3.8) is 0 Å². The third kappa shape index (κ3) is 2.63. The van der Waals surface area contributed by atoms with Gasteiger partial charge < -0.3 is 9.84 Å². The summed E-state index contributed by atoms with van der Waals surface area (Å²) >= 11 is 0. The second-order valence-corrected chi connectivity index (χ2v) is 5.50. The Labute approximate surface area is 103 Å². The molecular weight excluding hydrogens is 218 g/mol. The maximum Gasteiger partial charge on any atom is 0.308 e. The summed E-state index contributed by atoms with van der Waals surface area (Å²) in [5.74, 6) is -0.592. The second kappa shape index (κ2) is 5.36. The van der Waals surface area contributed by atoms with Crippen LogP contribution < -0.4 is 0 Å². The molecule has 4 atom stereocenters. The highest BCUT2D eigenvalue weighted by atomic mass is 16.5. The molecule has 1 N–H and O–H groups in total. The average Bonchev–Trinajstić information content (AvgIpc) is 2.71. The number of rotatable bonds is 3. The number of hydrogen-bond acceptors (Lipinski definition) is 3. The summed E-state index contributed by atoms with van der Waals surface area (Å²) < 4.78 is 5.56. The first kappa shape index (κ1) is 12.8. The molecule has 1 saturated carbocycles. The molecule has 4 heteroatoms. The molecule has 0 radical (unpaired) electrons. The summed E-state index contributed by atoms with van der Waals surface area (Å²) in [5.41, 5.74) is 0. The fourth-order valence-corrected chi connectivity index (χ4v) is 3.37. The van der Waals surface area contributed by atoms with Crippen LogP contribution in [-0.4, -0.2) is 48.3 Å². The second-order valence-electron chi connectivity index (χ2n) is 5.50. The van der Waals surface area contributed by atoms with E-state index in [4.69, 9.17) is 9.84 Å². The summed E-state index contributed by atoms with van der Waals surface area (Å²) in [6, 6.07) is 0.431. The minimum Gasteiger partial charge on any atom is -0.481 e. The molecule has 2 aliphatic rings. The highest BCUT2D eigenvalue weighted by Gasteiger charge is 2.40. The monoisotopic (exact) mass is 241 g/mol. The number of nitrogens with zero attached hydrogens (tertiary/aromatic N) is 1. The number of likely N-dealkylation sites (tertiary alicyclic amines) is 1. The highest BCUT2D eigenvalue weighted by molar-refractivity contribution is 5.71. The first-order valence-electron chi connectivity index (χ1n) is 6.63. The number of aliphatic carboxylic acids is 1. The Morgan fingerprint density at radius 2 is 2.00 bits per heavy atom. The van der Waals surface area contributed by atoms with Gasteiger partial charge in [-0.25, -0.2) is 0 Å². The molecule has 0 aromatic carbocycles. The zero-order valence-electron chi connectivity index (χ0n) is 10.8. The van der Waals surface area contributed by atoms with Crippen molar-refractivity contribution in [3.05, 3.63) is 0 Å². The van der Waals surface area contributed by atoms with Crippen molar-refractivity contribution in [1.29, 1.82) is 0 Å². The molecule has 0 bridgehead atoms. The van der Waals surface area contributed by atoms with E-state index in [1.54, 1.807) is 7.11 Å². The molecule has 1 saturated heterocycles. The van der Waals surface area contributed by atoms with Gasteiger partial charge in [0, 0.05) is 26.2 Å². The SMILES string of the molecule is COC1CCCCC1N1C[C@@H](C)[C@H](C(=O)O)C1. The predicted molar refractivity (Wildman–Crippen MR) is 64.9 cm³/mol. The molecule has 17 heavy (non-hydrogen) atoms. The van der Waals surface area contributed by atoms with Gasteiger partial charge in [-0.2, -0.15) is 0 Å². The van der Waals surface area contributed by atoms with E-state index in [9.17, 15) is 4.79 Å². The standard InChI is InChI=1S/C13H23NO3/c1-9-7-14(8-10(9)13(15)16)11-5-3-4-6-12(11)17-2/h9-12H,3-8H2,1-2H3,(H,15,16)/t9-,10-,11?,12?/m1/s1. The van der Waals surface area contributed by atoms with E-state index in [0.717, 1.165) is 19.4 Å². The van der Waals surface area contributed by atoms with Crippen molar-refractivity contribution in [2.75, 3.05) is 20.2 Å². The van der Waals surface area contributed by atoms with Gasteiger partial charge in [-0.1, -0.05) is 19.8 Å². The summed E-state index contributed by atoms with van der Waals surface area (Å²) in [6.45, 7) is 3.64. The van der Waals surface area contributed by atoms with E-state index in [0.29, 0.717) is 18.7 Å². The number of carbonyl (C=O) groups is 1. The van der Waals surface area contributed by atoms with Crippen LogP contribution in [0, 0.1) is 11.8 Å². The van der Waals surface area contributed by atoms with Gasteiger partial charge in [0.15, 0.2) is 0 Å². The lowest BCUT2D eigenvalue weighted by atomic mass is 9.91. The Morgan fingerprint density at radius 3 is 2.59 bits per heavy atom. The van der Waals surface area contributed by atoms with Crippen molar-refractivity contribution < 1.29 is 14.6 Å². The molecule has 1 aliphatic heterocycles. The van der Waals surface area contributed by atoms with E-state index in [1.807, 2.05) is 6.92 Å². The van der Waals surface area contributed by atoms with Crippen LogP contribution >= 0.6 is 0 Å². The van der Waals surface area contributed by atoms with Gasteiger partial charge in [0.2, 0.25) is 0 Å². The topological polar surface area (TPSA) is 49.8 Å². The lowest BCUT2D eigenvalue weighted by Gasteiger charge is -2.37. The lowest BCUT2D eigenvalue weighted by molar-refractivity contribution is -0.142. The molecule has 98 valence electrons. The third-order valence-corrected chi connectivity index (χ3v) is 4.40. The Morgan fingerprint density at radius 1 is 1.29 bits per heavy atom. The smallest absolute Gasteiger partial charge is 0.308 e. The van der Waals surface area contributed by atoms with Crippen molar-refractivity contribution >= 4 is 5.97 Å². The number of ether oxygens (including phenoxy) is 1. The minimum absolute atomic E-state index is 0.200. The Balaban J connectivity index is 2.00. The van der Waals surface area contributed by atoms with Crippen LogP contribution in [0.1, 0.15) is 32.6 Å². The Hall–Kier alpha value is -0.610. The average molecular weight is 241 g/mol. The summed E-state index contributed by atoms with van der Waals surface area (Å²) in [7, 11) is 1.77. The summed E-state index contributed by atoms with van der Waals surface area (Å²) in [5, 5.41) is 9.16. The lowest BCUT2D eigenvalue weighted by Crippen LogP contribution is -2.45. The van der Waals surface area contributed by atoms with Gasteiger partial charge in [-0.3, -0.25) is 9.69 Å².